The van der Waals surface area contributed by atoms with Crippen molar-refractivity contribution in [1.82, 2.24) is 5.32 Å². The number of amides is 1. The lowest BCUT2D eigenvalue weighted by atomic mass is 10.0. The van der Waals surface area contributed by atoms with E-state index in [9.17, 15) is 9.18 Å². The Balaban J connectivity index is 0.00000324. The second-order valence-corrected chi connectivity index (χ2v) is 5.58. The van der Waals surface area contributed by atoms with Crippen LogP contribution in [-0.2, 0) is 0 Å². The monoisotopic (exact) mass is 352 g/mol. The summed E-state index contributed by atoms with van der Waals surface area (Å²) in [6.45, 7) is 4.45. The van der Waals surface area contributed by atoms with Gasteiger partial charge in [0.05, 0.1) is 5.56 Å². The maximum atomic E-state index is 13.6. The van der Waals surface area contributed by atoms with Crippen LogP contribution in [0.3, 0.4) is 0 Å². The smallest absolute Gasteiger partial charge is 0.254 e. The summed E-state index contributed by atoms with van der Waals surface area (Å²) in [5, 5.41) is 2.76. The van der Waals surface area contributed by atoms with Crippen LogP contribution in [0.1, 0.15) is 30.6 Å². The molecule has 6 heteroatoms. The van der Waals surface area contributed by atoms with Gasteiger partial charge in [-0.25, -0.2) is 4.39 Å². The first-order valence-corrected chi connectivity index (χ1v) is 6.69. The molecular weight excluding hydrogens is 335 g/mol. The molecule has 1 rings (SSSR count). The molecule has 19 heavy (non-hydrogen) atoms. The zero-order chi connectivity index (χ0) is 13.7. The van der Waals surface area contributed by atoms with Crippen molar-refractivity contribution in [3.05, 3.63) is 34.1 Å². The van der Waals surface area contributed by atoms with E-state index < -0.39 is 11.7 Å². The van der Waals surface area contributed by atoms with Crippen LogP contribution in [-0.4, -0.2) is 18.5 Å². The Morgan fingerprint density at radius 1 is 1.47 bits per heavy atom. The maximum absolute atomic E-state index is 13.6. The van der Waals surface area contributed by atoms with Crippen LogP contribution in [0.5, 0.6) is 0 Å². The number of hydrogen-bond acceptors (Lipinski definition) is 2. The van der Waals surface area contributed by atoms with Crippen molar-refractivity contribution in [2.45, 2.75) is 26.3 Å². The number of halogens is 3. The number of carbonyl (C=O) groups excluding carboxylic acids is 1. The van der Waals surface area contributed by atoms with E-state index in [-0.39, 0.29) is 24.0 Å². The fourth-order valence-electron chi connectivity index (χ4n) is 1.72. The first-order valence-electron chi connectivity index (χ1n) is 5.90. The van der Waals surface area contributed by atoms with Crippen LogP contribution < -0.4 is 11.1 Å². The summed E-state index contributed by atoms with van der Waals surface area (Å²) >= 11 is 3.15. The molecule has 3 N–H and O–H groups in total. The zero-order valence-electron chi connectivity index (χ0n) is 11.0. The fraction of sp³-hybridized carbons (Fsp3) is 0.462. The van der Waals surface area contributed by atoms with Gasteiger partial charge in [0.1, 0.15) is 5.82 Å². The second kappa shape index (κ2) is 8.51. The van der Waals surface area contributed by atoms with Gasteiger partial charge in [-0.15, -0.1) is 12.4 Å². The predicted molar refractivity (Wildman–Crippen MR) is 81.1 cm³/mol. The van der Waals surface area contributed by atoms with Crippen LogP contribution in [0.25, 0.3) is 0 Å². The molecular formula is C13H19BrClFN2O. The van der Waals surface area contributed by atoms with E-state index in [0.717, 1.165) is 6.42 Å². The van der Waals surface area contributed by atoms with Gasteiger partial charge in [-0.3, -0.25) is 4.79 Å². The quantitative estimate of drug-likeness (QED) is 0.854. The highest BCUT2D eigenvalue weighted by Gasteiger charge is 2.16. The van der Waals surface area contributed by atoms with Gasteiger partial charge in [-0.2, -0.15) is 0 Å². The Bertz CT molecular complexity index is 429. The van der Waals surface area contributed by atoms with Gasteiger partial charge in [-0.05, 0) is 30.5 Å². The van der Waals surface area contributed by atoms with Crippen LogP contribution in [0, 0.1) is 11.7 Å². The molecule has 0 heterocycles. The van der Waals surface area contributed by atoms with Crippen LogP contribution in [0.2, 0.25) is 0 Å². The van der Waals surface area contributed by atoms with Crippen molar-refractivity contribution in [3.8, 4) is 0 Å². The van der Waals surface area contributed by atoms with Crippen molar-refractivity contribution in [3.63, 3.8) is 0 Å². The van der Waals surface area contributed by atoms with Gasteiger partial charge in [-0.1, -0.05) is 29.8 Å². The molecule has 0 saturated carbocycles. The van der Waals surface area contributed by atoms with Crippen LogP contribution in [0.15, 0.2) is 22.7 Å². The fourth-order valence-corrected chi connectivity index (χ4v) is 2.05. The van der Waals surface area contributed by atoms with Crippen molar-refractivity contribution >= 4 is 34.2 Å². The summed E-state index contributed by atoms with van der Waals surface area (Å²) in [6, 6.07) is 4.24. The number of rotatable bonds is 5. The highest BCUT2D eigenvalue weighted by molar-refractivity contribution is 9.10. The molecule has 0 fully saturated rings. The van der Waals surface area contributed by atoms with Crippen LogP contribution in [0.4, 0.5) is 4.39 Å². The SMILES string of the molecule is CC(C)CC(CN)NC(=O)c1ccc(Br)cc1F.Cl. The second-order valence-electron chi connectivity index (χ2n) is 4.66. The number of carbonyl (C=O) groups is 1. The van der Waals surface area contributed by atoms with Gasteiger partial charge in [0.15, 0.2) is 0 Å². The topological polar surface area (TPSA) is 55.1 Å². The summed E-state index contributed by atoms with van der Waals surface area (Å²) in [6.07, 6.45) is 0.778. The van der Waals surface area contributed by atoms with Crippen molar-refractivity contribution in [2.75, 3.05) is 6.54 Å². The number of nitrogens with two attached hydrogens (primary N) is 1. The zero-order valence-corrected chi connectivity index (χ0v) is 13.4. The third-order valence-corrected chi connectivity index (χ3v) is 3.04. The Morgan fingerprint density at radius 2 is 2.11 bits per heavy atom. The minimum Gasteiger partial charge on any atom is -0.348 e. The van der Waals surface area contributed by atoms with Crippen molar-refractivity contribution < 1.29 is 9.18 Å². The van der Waals surface area contributed by atoms with E-state index in [0.29, 0.717) is 16.9 Å². The van der Waals surface area contributed by atoms with Gasteiger partial charge in [0, 0.05) is 17.1 Å². The first-order chi connectivity index (χ1) is 8.43. The molecule has 1 unspecified atom stereocenters. The van der Waals surface area contributed by atoms with E-state index >= 15 is 0 Å². The molecule has 0 aromatic heterocycles. The minimum atomic E-state index is -0.540. The molecule has 1 aromatic rings. The summed E-state index contributed by atoms with van der Waals surface area (Å²) < 4.78 is 14.2. The summed E-state index contributed by atoms with van der Waals surface area (Å²) in [5.74, 6) is -0.535. The Kier molecular flexibility index (Phi) is 8.22. The number of benzene rings is 1. The normalized spacial score (nSPS) is 11.9. The molecule has 0 radical (unpaired) electrons. The largest absolute Gasteiger partial charge is 0.348 e. The summed E-state index contributed by atoms with van der Waals surface area (Å²) in [7, 11) is 0. The van der Waals surface area contributed by atoms with Crippen molar-refractivity contribution in [1.29, 1.82) is 0 Å². The molecule has 1 amide bonds. The lowest BCUT2D eigenvalue weighted by Gasteiger charge is -2.19. The van der Waals surface area contributed by atoms with E-state index in [2.05, 4.69) is 35.1 Å². The molecule has 0 aliphatic carbocycles. The lowest BCUT2D eigenvalue weighted by Crippen LogP contribution is -2.41. The van der Waals surface area contributed by atoms with Crippen molar-refractivity contribution in [2.24, 2.45) is 11.7 Å². The van der Waals surface area contributed by atoms with Crippen LogP contribution >= 0.6 is 28.3 Å². The molecule has 0 aliphatic rings. The first kappa shape index (κ1) is 18.4. The number of nitrogens with one attached hydrogen (secondary N) is 1. The number of hydrogen-bond donors (Lipinski definition) is 2. The van der Waals surface area contributed by atoms with E-state index in [1.165, 1.54) is 12.1 Å². The maximum Gasteiger partial charge on any atom is 0.254 e. The summed E-state index contributed by atoms with van der Waals surface area (Å²) in [4.78, 5) is 11.9. The molecule has 1 atom stereocenters. The molecule has 0 bridgehead atoms. The van der Waals surface area contributed by atoms with Gasteiger partial charge >= 0.3 is 0 Å². The Morgan fingerprint density at radius 3 is 2.58 bits per heavy atom. The van der Waals surface area contributed by atoms with Gasteiger partial charge in [0.2, 0.25) is 0 Å². The van der Waals surface area contributed by atoms with E-state index in [1.54, 1.807) is 6.07 Å². The molecule has 3 nitrogen and oxygen atoms in total. The molecule has 108 valence electrons. The molecule has 0 spiro atoms. The molecule has 0 aliphatic heterocycles. The third kappa shape index (κ3) is 5.89. The van der Waals surface area contributed by atoms with Gasteiger partial charge < -0.3 is 11.1 Å². The summed E-state index contributed by atoms with van der Waals surface area (Å²) in [5.41, 5.74) is 5.64. The molecule has 1 aromatic carbocycles. The highest BCUT2D eigenvalue weighted by atomic mass is 79.9. The standard InChI is InChI=1S/C13H18BrFN2O.ClH/c1-8(2)5-10(7-16)17-13(18)11-4-3-9(14)6-12(11)15;/h3-4,6,8,10H,5,7,16H2,1-2H3,(H,17,18);1H. The van der Waals surface area contributed by atoms with Gasteiger partial charge in [0.25, 0.3) is 5.91 Å². The Labute approximate surface area is 127 Å². The van der Waals surface area contributed by atoms with E-state index in [4.69, 9.17) is 5.73 Å². The minimum absolute atomic E-state index is 0. The van der Waals surface area contributed by atoms with E-state index in [1.807, 2.05) is 0 Å². The average molecular weight is 354 g/mol. The Hall–Kier alpha value is -0.650. The predicted octanol–water partition coefficient (Wildman–Crippen LogP) is 3.11. The average Bonchev–Trinajstić information content (AvgIpc) is 2.27. The third-order valence-electron chi connectivity index (χ3n) is 2.55. The lowest BCUT2D eigenvalue weighted by molar-refractivity contribution is 0.0929. The highest BCUT2D eigenvalue weighted by Crippen LogP contribution is 2.15. The molecule has 0 saturated heterocycles.